The number of carbonyl (C=O) groups excluding carboxylic acids is 1. The van der Waals surface area contributed by atoms with Crippen molar-refractivity contribution in [3.05, 3.63) is 11.9 Å². The Bertz CT molecular complexity index is 304. The van der Waals surface area contributed by atoms with E-state index >= 15 is 0 Å². The Morgan fingerprint density at radius 1 is 1.24 bits per heavy atom. The molecule has 0 radical (unpaired) electrons. The lowest BCUT2D eigenvalue weighted by molar-refractivity contribution is -0.150. The highest BCUT2D eigenvalue weighted by Crippen LogP contribution is 2.56. The van der Waals surface area contributed by atoms with E-state index in [0.717, 1.165) is 0 Å². The van der Waals surface area contributed by atoms with Crippen LogP contribution < -0.4 is 0 Å². The van der Waals surface area contributed by atoms with Crippen molar-refractivity contribution in [3.8, 4) is 0 Å². The fraction of sp³-hybridized carbons (Fsp3) is 0.700. The molecule has 0 fully saturated rings. The molecule has 0 heterocycles. The molecule has 0 aromatic carbocycles. The molecule has 0 aliphatic rings. The molecule has 1 N–H and O–H groups in total. The molecule has 0 aliphatic carbocycles. The second kappa shape index (κ2) is 7.61. The molecule has 17 heavy (non-hydrogen) atoms. The molecule has 6 nitrogen and oxygen atoms in total. The Labute approximate surface area is 101 Å². The largest absolute Gasteiger partial charge is 0.464 e. The highest BCUT2D eigenvalue weighted by atomic mass is 31.2. The Morgan fingerprint density at radius 2 is 1.71 bits per heavy atom. The van der Waals surface area contributed by atoms with Crippen molar-refractivity contribution in [2.75, 3.05) is 19.8 Å². The maximum absolute atomic E-state index is 12.2. The third kappa shape index (κ3) is 4.60. The Balaban J connectivity index is 4.83. The smallest absolute Gasteiger partial charge is 0.359 e. The topological polar surface area (TPSA) is 82.1 Å². The Kier molecular flexibility index (Phi) is 7.30. The first-order chi connectivity index (χ1) is 7.92. The predicted molar refractivity (Wildman–Crippen MR) is 62.6 cm³/mol. The first-order valence-electron chi connectivity index (χ1n) is 5.36. The summed E-state index contributed by atoms with van der Waals surface area (Å²) in [5, 5.41) is 9.29. The molecular formula is C10H19O6P. The van der Waals surface area contributed by atoms with E-state index in [1.807, 2.05) is 0 Å². The minimum absolute atomic E-state index is 0.108. The van der Waals surface area contributed by atoms with Crippen LogP contribution in [0.25, 0.3) is 0 Å². The lowest BCUT2D eigenvalue weighted by Crippen LogP contribution is -2.25. The van der Waals surface area contributed by atoms with E-state index in [9.17, 15) is 14.5 Å². The molecule has 7 heteroatoms. The van der Waals surface area contributed by atoms with Crippen molar-refractivity contribution >= 4 is 13.6 Å². The summed E-state index contributed by atoms with van der Waals surface area (Å²) in [6.07, 6.45) is -1.71. The second-order valence-corrected chi connectivity index (χ2v) is 5.06. The predicted octanol–water partition coefficient (Wildman–Crippen LogP) is 1.69. The summed E-state index contributed by atoms with van der Waals surface area (Å²) in [4.78, 5) is 11.3. The van der Waals surface area contributed by atoms with Crippen LogP contribution in [0.4, 0.5) is 0 Å². The first kappa shape index (κ1) is 16.3. The van der Waals surface area contributed by atoms with Crippen LogP contribution in [0.2, 0.25) is 0 Å². The summed E-state index contributed by atoms with van der Waals surface area (Å²) >= 11 is 0. The number of ether oxygens (including phenoxy) is 1. The van der Waals surface area contributed by atoms with E-state index in [4.69, 9.17) is 9.05 Å². The molecule has 0 rings (SSSR count). The molecule has 0 saturated carbocycles. The van der Waals surface area contributed by atoms with Gasteiger partial charge in [-0.3, -0.25) is 4.57 Å². The quantitative estimate of drug-likeness (QED) is 0.531. The van der Waals surface area contributed by atoms with Gasteiger partial charge < -0.3 is 18.9 Å². The van der Waals surface area contributed by atoms with Crippen LogP contribution in [0.3, 0.4) is 0 Å². The maximum atomic E-state index is 12.2. The SMILES string of the molecule is C=C(C(O)C(=O)OCC)P(=O)(OCC)OCC. The highest BCUT2D eigenvalue weighted by molar-refractivity contribution is 7.58. The number of rotatable bonds is 8. The maximum Gasteiger partial charge on any atom is 0.359 e. The molecule has 0 amide bonds. The summed E-state index contributed by atoms with van der Waals surface area (Å²) in [7, 11) is -3.69. The number of esters is 1. The van der Waals surface area contributed by atoms with Crippen LogP contribution in [0, 0.1) is 0 Å². The van der Waals surface area contributed by atoms with Gasteiger partial charge in [0.2, 0.25) is 0 Å². The van der Waals surface area contributed by atoms with Crippen LogP contribution in [-0.4, -0.2) is 37.0 Å². The Morgan fingerprint density at radius 3 is 2.06 bits per heavy atom. The van der Waals surface area contributed by atoms with Gasteiger partial charge in [-0.25, -0.2) is 4.79 Å². The van der Waals surface area contributed by atoms with E-state index in [2.05, 4.69) is 11.3 Å². The van der Waals surface area contributed by atoms with Gasteiger partial charge >= 0.3 is 13.6 Å². The van der Waals surface area contributed by atoms with Crippen LogP contribution in [0.1, 0.15) is 20.8 Å². The van der Waals surface area contributed by atoms with Crippen LogP contribution >= 0.6 is 7.60 Å². The molecule has 1 atom stereocenters. The fourth-order valence-corrected chi connectivity index (χ4v) is 2.54. The van der Waals surface area contributed by atoms with E-state index in [0.29, 0.717) is 0 Å². The van der Waals surface area contributed by atoms with Crippen LogP contribution in [-0.2, 0) is 23.1 Å². The number of carbonyl (C=O) groups is 1. The first-order valence-corrected chi connectivity index (χ1v) is 6.90. The molecular weight excluding hydrogens is 247 g/mol. The van der Waals surface area contributed by atoms with Crippen molar-refractivity contribution in [2.24, 2.45) is 0 Å². The summed E-state index contributed by atoms with van der Waals surface area (Å²) in [6, 6.07) is 0. The normalized spacial score (nSPS) is 13.2. The van der Waals surface area contributed by atoms with Gasteiger partial charge in [0.1, 0.15) is 0 Å². The molecule has 0 spiro atoms. The van der Waals surface area contributed by atoms with E-state index in [-0.39, 0.29) is 25.1 Å². The molecule has 0 aromatic rings. The van der Waals surface area contributed by atoms with Gasteiger partial charge in [0.15, 0.2) is 6.10 Å². The zero-order valence-corrected chi connectivity index (χ0v) is 11.2. The summed E-state index contributed by atoms with van der Waals surface area (Å²) in [6.45, 7) is 8.58. The van der Waals surface area contributed by atoms with Crippen molar-refractivity contribution in [1.29, 1.82) is 0 Å². The van der Waals surface area contributed by atoms with E-state index in [1.54, 1.807) is 20.8 Å². The standard InChI is InChI=1S/C10H19O6P/c1-5-14-10(12)9(11)8(4)17(13,15-6-2)16-7-3/h9,11H,4-7H2,1-3H3. The summed E-state index contributed by atoms with van der Waals surface area (Å²) in [5.74, 6) is -0.919. The van der Waals surface area contributed by atoms with E-state index < -0.39 is 19.7 Å². The fourth-order valence-electron chi connectivity index (χ4n) is 1.05. The van der Waals surface area contributed by atoms with Gasteiger partial charge in [-0.05, 0) is 20.8 Å². The van der Waals surface area contributed by atoms with Crippen molar-refractivity contribution in [3.63, 3.8) is 0 Å². The summed E-state index contributed by atoms with van der Waals surface area (Å²) < 4.78 is 26.6. The molecule has 100 valence electrons. The zero-order chi connectivity index (χ0) is 13.5. The van der Waals surface area contributed by atoms with Crippen molar-refractivity contribution in [2.45, 2.75) is 26.9 Å². The van der Waals surface area contributed by atoms with Crippen molar-refractivity contribution < 1.29 is 28.3 Å². The van der Waals surface area contributed by atoms with Gasteiger partial charge in [0.25, 0.3) is 0 Å². The lowest BCUT2D eigenvalue weighted by atomic mass is 10.3. The number of aliphatic hydroxyl groups is 1. The van der Waals surface area contributed by atoms with Crippen molar-refractivity contribution in [1.82, 2.24) is 0 Å². The lowest BCUT2D eigenvalue weighted by Gasteiger charge is -2.21. The molecule has 0 bridgehead atoms. The molecule has 1 unspecified atom stereocenters. The van der Waals surface area contributed by atoms with Gasteiger partial charge in [-0.2, -0.15) is 0 Å². The number of aliphatic hydroxyl groups excluding tert-OH is 1. The molecule has 0 aromatic heterocycles. The average Bonchev–Trinajstić information content (AvgIpc) is 2.28. The highest BCUT2D eigenvalue weighted by Gasteiger charge is 2.36. The van der Waals surface area contributed by atoms with Gasteiger partial charge in [0.05, 0.1) is 25.1 Å². The second-order valence-electron chi connectivity index (χ2n) is 2.98. The number of hydrogen-bond donors (Lipinski definition) is 1. The van der Waals surface area contributed by atoms with E-state index in [1.165, 1.54) is 0 Å². The monoisotopic (exact) mass is 266 g/mol. The third-order valence-corrected chi connectivity index (χ3v) is 3.92. The Hall–Kier alpha value is -0.680. The van der Waals surface area contributed by atoms with Gasteiger partial charge in [-0.1, -0.05) is 6.58 Å². The minimum atomic E-state index is -3.69. The van der Waals surface area contributed by atoms with Crippen LogP contribution in [0.5, 0.6) is 0 Å². The third-order valence-electron chi connectivity index (χ3n) is 1.78. The minimum Gasteiger partial charge on any atom is -0.464 e. The van der Waals surface area contributed by atoms with Gasteiger partial charge in [0, 0.05) is 0 Å². The molecule has 0 aliphatic heterocycles. The average molecular weight is 266 g/mol. The summed E-state index contributed by atoms with van der Waals surface area (Å²) in [5.41, 5.74) is 0. The number of hydrogen-bond acceptors (Lipinski definition) is 6. The van der Waals surface area contributed by atoms with Crippen LogP contribution in [0.15, 0.2) is 11.9 Å². The van der Waals surface area contributed by atoms with Gasteiger partial charge in [-0.15, -0.1) is 0 Å². The zero-order valence-electron chi connectivity index (χ0n) is 10.3. The molecule has 0 saturated heterocycles.